The van der Waals surface area contributed by atoms with Crippen LogP contribution < -0.4 is 16.0 Å². The van der Waals surface area contributed by atoms with E-state index in [9.17, 15) is 0 Å². The van der Waals surface area contributed by atoms with E-state index in [-0.39, 0.29) is 0 Å². The largest absolute Gasteiger partial charge is 0.492 e. The van der Waals surface area contributed by atoms with Crippen molar-refractivity contribution in [2.75, 3.05) is 13.2 Å². The molecule has 1 aromatic rings. The number of hydrogen-bond acceptors (Lipinski definition) is 3. The maximum Gasteiger partial charge on any atom is 0.139 e. The molecule has 1 rings (SSSR count). The fourth-order valence-electron chi connectivity index (χ4n) is 0.952. The van der Waals surface area contributed by atoms with Crippen molar-refractivity contribution in [1.82, 2.24) is 5.43 Å². The molecule has 3 N–H and O–H groups in total. The molecule has 0 unspecified atom stereocenters. The zero-order chi connectivity index (χ0) is 10.4. The zero-order valence-corrected chi connectivity index (χ0v) is 9.11. The molecule has 14 heavy (non-hydrogen) atoms. The zero-order valence-electron chi connectivity index (χ0n) is 7.59. The minimum Gasteiger partial charge on any atom is -0.492 e. The Labute approximate surface area is 93.1 Å². The van der Waals surface area contributed by atoms with Gasteiger partial charge in [0.05, 0.1) is 11.6 Å². The first-order valence-electron chi connectivity index (χ1n) is 4.26. The van der Waals surface area contributed by atoms with Crippen LogP contribution in [0.1, 0.15) is 6.42 Å². The van der Waals surface area contributed by atoms with Crippen molar-refractivity contribution in [2.45, 2.75) is 6.42 Å². The van der Waals surface area contributed by atoms with E-state index < -0.39 is 0 Å². The molecule has 5 heteroatoms. The van der Waals surface area contributed by atoms with Crippen molar-refractivity contribution in [2.24, 2.45) is 5.84 Å². The van der Waals surface area contributed by atoms with Gasteiger partial charge in [-0.3, -0.25) is 11.3 Å². The lowest BCUT2D eigenvalue weighted by molar-refractivity contribution is 0.309. The van der Waals surface area contributed by atoms with Gasteiger partial charge in [-0.25, -0.2) is 0 Å². The second kappa shape index (κ2) is 6.09. The molecule has 0 aliphatic carbocycles. The van der Waals surface area contributed by atoms with Crippen LogP contribution in [-0.4, -0.2) is 13.2 Å². The highest BCUT2D eigenvalue weighted by Gasteiger charge is 2.04. The topological polar surface area (TPSA) is 47.3 Å². The number of hydrogen-bond donors (Lipinski definition) is 2. The van der Waals surface area contributed by atoms with Crippen molar-refractivity contribution < 1.29 is 4.74 Å². The molecule has 0 saturated heterocycles. The monoisotopic (exact) mass is 234 g/mol. The average Bonchev–Trinajstić information content (AvgIpc) is 2.19. The number of halogens is 2. The highest BCUT2D eigenvalue weighted by atomic mass is 35.5. The Morgan fingerprint density at radius 1 is 1.36 bits per heavy atom. The van der Waals surface area contributed by atoms with Crippen molar-refractivity contribution >= 4 is 23.2 Å². The molecule has 0 fully saturated rings. The van der Waals surface area contributed by atoms with E-state index in [0.29, 0.717) is 28.9 Å². The Kier molecular flexibility index (Phi) is 5.04. The molecule has 78 valence electrons. The Morgan fingerprint density at radius 3 is 2.86 bits per heavy atom. The van der Waals surface area contributed by atoms with Gasteiger partial charge in [0.25, 0.3) is 0 Å². The molecule has 0 aliphatic heterocycles. The van der Waals surface area contributed by atoms with Crippen molar-refractivity contribution in [1.29, 1.82) is 0 Å². The molecule has 0 radical (unpaired) electrons. The summed E-state index contributed by atoms with van der Waals surface area (Å²) in [5.41, 5.74) is 2.54. The fourth-order valence-corrected chi connectivity index (χ4v) is 1.30. The predicted molar refractivity (Wildman–Crippen MR) is 58.8 cm³/mol. The van der Waals surface area contributed by atoms with E-state index in [2.05, 4.69) is 5.43 Å². The third kappa shape index (κ3) is 3.35. The molecule has 0 saturated carbocycles. The lowest BCUT2D eigenvalue weighted by Gasteiger charge is -2.08. The quantitative estimate of drug-likeness (QED) is 0.467. The number of nitrogens with one attached hydrogen (secondary N) is 1. The number of hydrazine groups is 1. The molecule has 0 aliphatic rings. The third-order valence-electron chi connectivity index (χ3n) is 1.64. The van der Waals surface area contributed by atoms with Crippen molar-refractivity contribution in [3.63, 3.8) is 0 Å². The van der Waals surface area contributed by atoms with Crippen LogP contribution in [0.4, 0.5) is 0 Å². The van der Waals surface area contributed by atoms with Gasteiger partial charge in [-0.15, -0.1) is 0 Å². The smallest absolute Gasteiger partial charge is 0.139 e. The summed E-state index contributed by atoms with van der Waals surface area (Å²) < 4.78 is 5.41. The molecular weight excluding hydrogens is 223 g/mol. The first kappa shape index (κ1) is 11.6. The van der Waals surface area contributed by atoms with Crippen LogP contribution in [-0.2, 0) is 0 Å². The number of nitrogens with two attached hydrogens (primary N) is 1. The normalized spacial score (nSPS) is 10.2. The molecule has 0 heterocycles. The highest BCUT2D eigenvalue weighted by molar-refractivity contribution is 6.42. The van der Waals surface area contributed by atoms with Gasteiger partial charge < -0.3 is 4.74 Å². The van der Waals surface area contributed by atoms with Crippen LogP contribution in [0.25, 0.3) is 0 Å². The first-order chi connectivity index (χ1) is 6.75. The van der Waals surface area contributed by atoms with Crippen LogP contribution in [0.3, 0.4) is 0 Å². The van der Waals surface area contributed by atoms with E-state index in [1.165, 1.54) is 0 Å². The fraction of sp³-hybridized carbons (Fsp3) is 0.333. The summed E-state index contributed by atoms with van der Waals surface area (Å²) in [5, 5.41) is 0.955. The molecular formula is C9H12Cl2N2O. The van der Waals surface area contributed by atoms with Gasteiger partial charge in [0, 0.05) is 6.54 Å². The molecule has 1 aromatic carbocycles. The molecule has 0 spiro atoms. The molecule has 0 aromatic heterocycles. The second-order valence-electron chi connectivity index (χ2n) is 2.71. The molecule has 0 amide bonds. The summed E-state index contributed by atoms with van der Waals surface area (Å²) in [7, 11) is 0. The van der Waals surface area contributed by atoms with Gasteiger partial charge in [0.2, 0.25) is 0 Å². The second-order valence-corrected chi connectivity index (χ2v) is 3.49. The van der Waals surface area contributed by atoms with E-state index >= 15 is 0 Å². The van der Waals surface area contributed by atoms with Crippen molar-refractivity contribution in [3.05, 3.63) is 28.2 Å². The van der Waals surface area contributed by atoms with Crippen LogP contribution in [0.15, 0.2) is 18.2 Å². The Hall–Kier alpha value is -0.480. The van der Waals surface area contributed by atoms with Gasteiger partial charge >= 0.3 is 0 Å². The van der Waals surface area contributed by atoms with Gasteiger partial charge in [-0.1, -0.05) is 29.3 Å². The van der Waals surface area contributed by atoms with Gasteiger partial charge in [0.1, 0.15) is 10.8 Å². The highest BCUT2D eigenvalue weighted by Crippen LogP contribution is 2.31. The van der Waals surface area contributed by atoms with E-state index in [1.807, 2.05) is 0 Å². The standard InChI is InChI=1S/C9H12Cl2N2O/c10-7-3-1-4-8(9(7)11)14-6-2-5-13-12/h1,3-4,13H,2,5-6,12H2. The lowest BCUT2D eigenvalue weighted by Crippen LogP contribution is -2.24. The van der Waals surface area contributed by atoms with E-state index in [4.69, 9.17) is 33.8 Å². The Morgan fingerprint density at radius 2 is 2.14 bits per heavy atom. The molecule has 3 nitrogen and oxygen atoms in total. The summed E-state index contributed by atoms with van der Waals surface area (Å²) in [6, 6.07) is 5.30. The van der Waals surface area contributed by atoms with Crippen LogP contribution >= 0.6 is 23.2 Å². The maximum absolute atomic E-state index is 5.91. The van der Waals surface area contributed by atoms with Gasteiger partial charge in [0.15, 0.2) is 0 Å². The summed E-state index contributed by atoms with van der Waals surface area (Å²) >= 11 is 11.7. The number of rotatable bonds is 5. The Balaban J connectivity index is 2.46. The number of benzene rings is 1. The SMILES string of the molecule is NNCCCOc1cccc(Cl)c1Cl. The van der Waals surface area contributed by atoms with Crippen LogP contribution in [0.2, 0.25) is 10.0 Å². The van der Waals surface area contributed by atoms with Crippen LogP contribution in [0, 0.1) is 0 Å². The summed E-state index contributed by atoms with van der Waals surface area (Å²) in [6.07, 6.45) is 0.819. The van der Waals surface area contributed by atoms with E-state index in [0.717, 1.165) is 6.42 Å². The molecule has 0 atom stereocenters. The van der Waals surface area contributed by atoms with Gasteiger partial charge in [-0.2, -0.15) is 0 Å². The molecule has 0 bridgehead atoms. The summed E-state index contributed by atoms with van der Waals surface area (Å²) in [5.74, 6) is 5.72. The van der Waals surface area contributed by atoms with Crippen LogP contribution in [0.5, 0.6) is 5.75 Å². The lowest BCUT2D eigenvalue weighted by atomic mass is 10.3. The maximum atomic E-state index is 5.91. The average molecular weight is 235 g/mol. The summed E-state index contributed by atoms with van der Waals surface area (Å²) in [4.78, 5) is 0. The van der Waals surface area contributed by atoms with Gasteiger partial charge in [-0.05, 0) is 18.6 Å². The third-order valence-corrected chi connectivity index (χ3v) is 2.44. The van der Waals surface area contributed by atoms with Crippen molar-refractivity contribution in [3.8, 4) is 5.75 Å². The summed E-state index contributed by atoms with van der Waals surface area (Å²) in [6.45, 7) is 1.27. The number of ether oxygens (including phenoxy) is 1. The minimum atomic E-state index is 0.454. The minimum absolute atomic E-state index is 0.454. The Bertz CT molecular complexity index is 294. The van der Waals surface area contributed by atoms with E-state index in [1.54, 1.807) is 18.2 Å². The first-order valence-corrected chi connectivity index (χ1v) is 5.01. The predicted octanol–water partition coefficient (Wildman–Crippen LogP) is 2.23.